The smallest absolute Gasteiger partial charge is 0.337 e. The average Bonchev–Trinajstić information content (AvgIpc) is 2.89. The maximum absolute atomic E-state index is 14.5. The molecule has 1 aliphatic heterocycles. The molecule has 5 nitrogen and oxygen atoms in total. The molecule has 2 aliphatic rings. The summed E-state index contributed by atoms with van der Waals surface area (Å²) in [6.07, 6.45) is 1.77. The van der Waals surface area contributed by atoms with Gasteiger partial charge in [-0.25, -0.2) is 9.18 Å². The fourth-order valence-corrected chi connectivity index (χ4v) is 4.10. The second kappa shape index (κ2) is 6.11. The zero-order valence-corrected chi connectivity index (χ0v) is 14.2. The van der Waals surface area contributed by atoms with Crippen LogP contribution < -0.4 is 5.32 Å². The van der Waals surface area contributed by atoms with Gasteiger partial charge in [0.05, 0.1) is 28.2 Å². The lowest BCUT2D eigenvalue weighted by Crippen LogP contribution is -2.33. The van der Waals surface area contributed by atoms with Crippen LogP contribution in [-0.4, -0.2) is 29.7 Å². The average molecular weight is 386 g/mol. The SMILES string of the molecule is CCOC(=O)C1CCC2c3c(F)c(Br)cc(C(=O)O)c3NC2C1. The number of benzene rings is 1. The van der Waals surface area contributed by atoms with Crippen molar-refractivity contribution in [2.75, 3.05) is 11.9 Å². The van der Waals surface area contributed by atoms with Gasteiger partial charge in [-0.2, -0.15) is 0 Å². The normalized spacial score (nSPS) is 25.3. The van der Waals surface area contributed by atoms with E-state index in [1.807, 2.05) is 0 Å². The van der Waals surface area contributed by atoms with E-state index in [0.717, 1.165) is 0 Å². The van der Waals surface area contributed by atoms with E-state index < -0.39 is 11.8 Å². The predicted octanol–water partition coefficient (Wildman–Crippen LogP) is 3.53. The molecule has 3 rings (SSSR count). The second-order valence-corrected chi connectivity index (χ2v) is 6.79. The number of carboxylic acids is 1. The molecule has 0 saturated heterocycles. The van der Waals surface area contributed by atoms with Crippen LogP contribution in [0, 0.1) is 11.7 Å². The third-order valence-electron chi connectivity index (χ3n) is 4.66. The van der Waals surface area contributed by atoms with Gasteiger partial charge >= 0.3 is 11.9 Å². The van der Waals surface area contributed by atoms with Crippen molar-refractivity contribution in [1.29, 1.82) is 0 Å². The van der Waals surface area contributed by atoms with E-state index in [4.69, 9.17) is 4.74 Å². The molecule has 124 valence electrons. The summed E-state index contributed by atoms with van der Waals surface area (Å²) in [5.74, 6) is -2.09. The molecule has 0 bridgehead atoms. The Balaban J connectivity index is 1.92. The molecule has 2 N–H and O–H groups in total. The molecule has 3 unspecified atom stereocenters. The van der Waals surface area contributed by atoms with Crippen LogP contribution in [0.2, 0.25) is 0 Å². The largest absolute Gasteiger partial charge is 0.478 e. The highest BCUT2D eigenvalue weighted by Crippen LogP contribution is 2.49. The van der Waals surface area contributed by atoms with Crippen molar-refractivity contribution in [3.8, 4) is 0 Å². The van der Waals surface area contributed by atoms with Crippen LogP contribution >= 0.6 is 15.9 Å². The van der Waals surface area contributed by atoms with E-state index in [1.54, 1.807) is 6.92 Å². The lowest BCUT2D eigenvalue weighted by atomic mass is 9.77. The van der Waals surface area contributed by atoms with Crippen molar-refractivity contribution in [2.45, 2.75) is 38.1 Å². The number of fused-ring (bicyclic) bond motifs is 3. The first-order chi connectivity index (χ1) is 10.9. The summed E-state index contributed by atoms with van der Waals surface area (Å²) in [6.45, 7) is 2.10. The number of carboxylic acid groups (broad SMARTS) is 1. The van der Waals surface area contributed by atoms with Crippen molar-refractivity contribution >= 4 is 33.6 Å². The Bertz CT molecular complexity index is 679. The molecule has 0 amide bonds. The predicted molar refractivity (Wildman–Crippen MR) is 85.2 cm³/mol. The molecule has 1 fully saturated rings. The molecular formula is C16H17BrFNO4. The highest BCUT2D eigenvalue weighted by molar-refractivity contribution is 9.10. The molecule has 1 heterocycles. The van der Waals surface area contributed by atoms with Crippen LogP contribution in [-0.2, 0) is 9.53 Å². The summed E-state index contributed by atoms with van der Waals surface area (Å²) >= 11 is 3.10. The summed E-state index contributed by atoms with van der Waals surface area (Å²) in [6, 6.07) is 1.14. The summed E-state index contributed by atoms with van der Waals surface area (Å²) in [5, 5.41) is 12.5. The molecule has 7 heteroatoms. The Morgan fingerprint density at radius 1 is 1.48 bits per heavy atom. The fraction of sp³-hybridized carbons (Fsp3) is 0.500. The Hall–Kier alpha value is -1.63. The van der Waals surface area contributed by atoms with Gasteiger partial charge in [0.2, 0.25) is 0 Å². The highest BCUT2D eigenvalue weighted by atomic mass is 79.9. The zero-order chi connectivity index (χ0) is 16.7. The van der Waals surface area contributed by atoms with Gasteiger partial charge in [0, 0.05) is 17.5 Å². The monoisotopic (exact) mass is 385 g/mol. The minimum Gasteiger partial charge on any atom is -0.478 e. The third-order valence-corrected chi connectivity index (χ3v) is 5.23. The molecule has 1 saturated carbocycles. The number of rotatable bonds is 3. The van der Waals surface area contributed by atoms with Crippen LogP contribution in [0.15, 0.2) is 10.5 Å². The number of aromatic carboxylic acids is 1. The topological polar surface area (TPSA) is 75.6 Å². The van der Waals surface area contributed by atoms with E-state index >= 15 is 0 Å². The van der Waals surface area contributed by atoms with Gasteiger partial charge < -0.3 is 15.2 Å². The highest BCUT2D eigenvalue weighted by Gasteiger charge is 2.43. The standard InChI is InChI=1S/C16H17BrFNO4/c1-2-23-16(22)7-3-4-8-11(5-7)19-14-9(15(20)21)6-10(17)13(18)12(8)14/h6-8,11,19H,2-5H2,1H3,(H,20,21). The Morgan fingerprint density at radius 2 is 2.22 bits per heavy atom. The Morgan fingerprint density at radius 3 is 2.87 bits per heavy atom. The molecule has 3 atom stereocenters. The molecule has 1 aliphatic carbocycles. The van der Waals surface area contributed by atoms with Crippen LogP contribution in [0.4, 0.5) is 10.1 Å². The number of carbonyl (C=O) groups excluding carboxylic acids is 1. The second-order valence-electron chi connectivity index (χ2n) is 5.93. The number of hydrogen-bond donors (Lipinski definition) is 2. The molecule has 23 heavy (non-hydrogen) atoms. The van der Waals surface area contributed by atoms with Crippen molar-refractivity contribution < 1.29 is 23.8 Å². The number of hydrogen-bond acceptors (Lipinski definition) is 4. The minimum absolute atomic E-state index is 0.0513. The van der Waals surface area contributed by atoms with Gasteiger partial charge in [0.15, 0.2) is 0 Å². The van der Waals surface area contributed by atoms with Gasteiger partial charge in [-0.3, -0.25) is 4.79 Å². The van der Waals surface area contributed by atoms with Crippen LogP contribution in [0.25, 0.3) is 0 Å². The summed E-state index contributed by atoms with van der Waals surface area (Å²) in [7, 11) is 0. The number of halogens is 2. The fourth-order valence-electron chi connectivity index (χ4n) is 3.65. The molecule has 0 radical (unpaired) electrons. The van der Waals surface area contributed by atoms with Crippen LogP contribution in [0.1, 0.15) is 48.0 Å². The molecule has 1 aromatic rings. The van der Waals surface area contributed by atoms with Gasteiger partial charge in [-0.15, -0.1) is 0 Å². The van der Waals surface area contributed by atoms with Crippen LogP contribution in [0.5, 0.6) is 0 Å². The number of esters is 1. The van der Waals surface area contributed by atoms with Crippen molar-refractivity contribution in [1.82, 2.24) is 0 Å². The van der Waals surface area contributed by atoms with E-state index in [2.05, 4.69) is 21.2 Å². The zero-order valence-electron chi connectivity index (χ0n) is 12.6. The first kappa shape index (κ1) is 16.2. The van der Waals surface area contributed by atoms with Gasteiger partial charge in [0.25, 0.3) is 0 Å². The number of carbonyl (C=O) groups is 2. The summed E-state index contributed by atoms with van der Waals surface area (Å²) in [4.78, 5) is 23.4. The van der Waals surface area contributed by atoms with Gasteiger partial charge in [-0.1, -0.05) is 0 Å². The molecular weight excluding hydrogens is 369 g/mol. The van der Waals surface area contributed by atoms with Gasteiger partial charge in [-0.05, 0) is 48.2 Å². The first-order valence-corrected chi connectivity index (χ1v) is 8.41. The number of anilines is 1. The van der Waals surface area contributed by atoms with E-state index in [0.29, 0.717) is 37.1 Å². The summed E-state index contributed by atoms with van der Waals surface area (Å²) in [5.41, 5.74) is 0.817. The van der Waals surface area contributed by atoms with Crippen LogP contribution in [0.3, 0.4) is 0 Å². The molecule has 1 aromatic carbocycles. The van der Waals surface area contributed by atoms with E-state index in [9.17, 15) is 19.1 Å². The molecule has 0 spiro atoms. The van der Waals surface area contributed by atoms with E-state index in [-0.39, 0.29) is 33.9 Å². The summed E-state index contributed by atoms with van der Waals surface area (Å²) < 4.78 is 19.7. The minimum atomic E-state index is -1.10. The quantitative estimate of drug-likeness (QED) is 0.778. The van der Waals surface area contributed by atoms with Gasteiger partial charge in [0.1, 0.15) is 5.82 Å². The maximum Gasteiger partial charge on any atom is 0.337 e. The Labute approximate surface area is 141 Å². The number of ether oxygens (including phenoxy) is 1. The third kappa shape index (κ3) is 2.71. The Kier molecular flexibility index (Phi) is 4.31. The van der Waals surface area contributed by atoms with Crippen molar-refractivity contribution in [2.24, 2.45) is 5.92 Å². The maximum atomic E-state index is 14.5. The lowest BCUT2D eigenvalue weighted by molar-refractivity contribution is -0.149. The molecule has 0 aromatic heterocycles. The lowest BCUT2D eigenvalue weighted by Gasteiger charge is -2.30. The van der Waals surface area contributed by atoms with Crippen molar-refractivity contribution in [3.05, 3.63) is 27.5 Å². The van der Waals surface area contributed by atoms with E-state index in [1.165, 1.54) is 6.07 Å². The number of nitrogens with one attached hydrogen (secondary N) is 1. The first-order valence-electron chi connectivity index (χ1n) is 7.62. The van der Waals surface area contributed by atoms with Crippen molar-refractivity contribution in [3.63, 3.8) is 0 Å².